The normalized spacial score (nSPS) is 16.2. The van der Waals surface area contributed by atoms with E-state index in [1.807, 2.05) is 49.6 Å². The summed E-state index contributed by atoms with van der Waals surface area (Å²) in [7, 11) is 2.49. The Balaban J connectivity index is 1.36. The van der Waals surface area contributed by atoms with Gasteiger partial charge in [0, 0.05) is 53.3 Å². The summed E-state index contributed by atoms with van der Waals surface area (Å²) in [6.07, 6.45) is 5.03. The smallest absolute Gasteiger partial charge is 0.407 e. The minimum absolute atomic E-state index is 0.182. The quantitative estimate of drug-likeness (QED) is 0.0549. The highest BCUT2D eigenvalue weighted by Crippen LogP contribution is 2.47. The van der Waals surface area contributed by atoms with Gasteiger partial charge in [-0.15, -0.1) is 11.3 Å². The molecular weight excluding hydrogens is 854 g/mol. The highest BCUT2D eigenvalue weighted by atomic mass is 32.1. The van der Waals surface area contributed by atoms with Crippen LogP contribution in [0.4, 0.5) is 14.0 Å². The van der Waals surface area contributed by atoms with Gasteiger partial charge in [-0.2, -0.15) is 0 Å². The van der Waals surface area contributed by atoms with Gasteiger partial charge in [-0.1, -0.05) is 40.2 Å². The van der Waals surface area contributed by atoms with Gasteiger partial charge in [-0.3, -0.25) is 34.6 Å². The number of rotatable bonds is 19. The lowest BCUT2D eigenvalue weighted by molar-refractivity contribution is -0.136. The van der Waals surface area contributed by atoms with E-state index in [4.69, 9.17) is 9.47 Å². The van der Waals surface area contributed by atoms with Crippen molar-refractivity contribution in [3.05, 3.63) is 87.6 Å². The number of carbonyl (C=O) groups excluding carboxylic acids is 4. The second-order valence-electron chi connectivity index (χ2n) is 16.0. The highest BCUT2D eigenvalue weighted by Gasteiger charge is 2.34. The van der Waals surface area contributed by atoms with Crippen molar-refractivity contribution in [1.82, 2.24) is 35.9 Å². The maximum atomic E-state index is 16.9. The third kappa shape index (κ3) is 10.8. The van der Waals surface area contributed by atoms with Crippen molar-refractivity contribution >= 4 is 71.1 Å². The summed E-state index contributed by atoms with van der Waals surface area (Å²) in [6.45, 7) is 16.1. The van der Waals surface area contributed by atoms with Crippen LogP contribution in [0, 0.1) is 11.7 Å². The van der Waals surface area contributed by atoms with Crippen molar-refractivity contribution < 1.29 is 37.8 Å². The summed E-state index contributed by atoms with van der Waals surface area (Å²) in [6, 6.07) is 14.0. The first-order valence-corrected chi connectivity index (χ1v) is 22.5. The Morgan fingerprint density at radius 1 is 0.969 bits per heavy atom. The number of likely N-dealkylation sites (tertiary alicyclic amines) is 1. The second kappa shape index (κ2) is 21.8. The summed E-state index contributed by atoms with van der Waals surface area (Å²) in [5.74, 6) is -1.02. The Labute approximate surface area is 382 Å². The Morgan fingerprint density at radius 2 is 1.72 bits per heavy atom. The van der Waals surface area contributed by atoms with Crippen LogP contribution in [-0.2, 0) is 25.5 Å². The first-order valence-electron chi connectivity index (χ1n) is 21.7. The molecule has 6 rings (SSSR count). The first kappa shape index (κ1) is 47.8. The molecule has 4 amide bonds. The molecule has 2 aromatic heterocycles. The van der Waals surface area contributed by atoms with Crippen LogP contribution < -0.4 is 26.1 Å². The van der Waals surface area contributed by atoms with Crippen LogP contribution in [0.2, 0.25) is 0 Å². The Kier molecular flexibility index (Phi) is 16.0. The van der Waals surface area contributed by atoms with Gasteiger partial charge in [0.15, 0.2) is 0 Å². The van der Waals surface area contributed by atoms with Crippen molar-refractivity contribution in [3.63, 3.8) is 0 Å². The number of halogens is 1. The molecule has 1 saturated heterocycles. The lowest BCUT2D eigenvalue weighted by Gasteiger charge is -2.31. The fraction of sp³-hybridized carbons (Fsp3) is 0.404. The van der Waals surface area contributed by atoms with E-state index in [9.17, 15) is 19.2 Å². The van der Waals surface area contributed by atoms with Crippen molar-refractivity contribution in [3.8, 4) is 17.0 Å². The van der Waals surface area contributed by atoms with Gasteiger partial charge in [-0.25, -0.2) is 14.0 Å². The molecule has 4 aromatic rings. The molecule has 0 aliphatic carbocycles. The number of amides is 4. The van der Waals surface area contributed by atoms with Gasteiger partial charge < -0.3 is 35.1 Å². The number of alkyl carbamates (subject to hydrolysis) is 2. The number of nitrogens with zero attached hydrogens (tertiary/aromatic N) is 5. The Bertz CT molecular complexity index is 2480. The number of hydrogen-bond acceptors (Lipinski definition) is 12. The number of ether oxygens (including phenoxy) is 3. The van der Waals surface area contributed by atoms with Gasteiger partial charge in [0.25, 0.3) is 5.91 Å². The number of carbonyl (C=O) groups is 4. The summed E-state index contributed by atoms with van der Waals surface area (Å²) < 4.78 is 35.1. The standard InChI is InChI=1S/C47H58FN9O7S/c1-9-12-33-15-17-40(65-33)45-57-37-16-14-29(36(26-50-6)54-56(18-10-2)44(59)43(28(3)4)53-47(61)63-8)20-31(37)22-38(57)42-34(48)21-30(23-39(42)64-45)35(25-49-5)51-24-32-13-11-19-55(32)41(58)27-52-46(60)62-7/h14-17,20-23,25-26,28,32,43,45,51,54H,5-6,9-13,18-19,24,27H2,1-4,7-8H3,(H,52,60)(H,53,61)/b35-25-,36-26-. The molecule has 0 bridgehead atoms. The van der Waals surface area contributed by atoms with Crippen LogP contribution in [0.3, 0.4) is 0 Å². The van der Waals surface area contributed by atoms with Gasteiger partial charge in [0.2, 0.25) is 12.1 Å². The summed E-state index contributed by atoms with van der Waals surface area (Å²) >= 11 is 1.65. The molecule has 4 heterocycles. The van der Waals surface area contributed by atoms with Crippen LogP contribution in [0.5, 0.6) is 5.75 Å². The van der Waals surface area contributed by atoms with E-state index in [1.54, 1.807) is 22.3 Å². The third-order valence-corrected chi connectivity index (χ3v) is 12.4. The molecule has 3 unspecified atom stereocenters. The van der Waals surface area contributed by atoms with E-state index in [0.717, 1.165) is 41.5 Å². The summed E-state index contributed by atoms with van der Waals surface area (Å²) in [4.78, 5) is 62.6. The zero-order chi connectivity index (χ0) is 46.8. The first-order chi connectivity index (χ1) is 31.3. The van der Waals surface area contributed by atoms with Crippen molar-refractivity contribution in [2.45, 2.75) is 78.1 Å². The molecule has 2 aromatic carbocycles. The molecule has 18 heteroatoms. The largest absolute Gasteiger partial charge is 0.464 e. The van der Waals surface area contributed by atoms with E-state index in [1.165, 1.54) is 42.6 Å². The van der Waals surface area contributed by atoms with Crippen LogP contribution in [0.1, 0.15) is 80.5 Å². The zero-order valence-electron chi connectivity index (χ0n) is 37.7. The maximum Gasteiger partial charge on any atom is 0.407 e. The highest BCUT2D eigenvalue weighted by molar-refractivity contribution is 7.12. The maximum absolute atomic E-state index is 16.9. The van der Waals surface area contributed by atoms with E-state index in [0.29, 0.717) is 60.0 Å². The fourth-order valence-electron chi connectivity index (χ4n) is 8.15. The molecule has 4 N–H and O–H groups in total. The monoisotopic (exact) mass is 911 g/mol. The van der Waals surface area contributed by atoms with Crippen molar-refractivity contribution in [2.75, 3.05) is 40.4 Å². The molecular formula is C47H58FN9O7S. The van der Waals surface area contributed by atoms with Crippen molar-refractivity contribution in [1.29, 1.82) is 0 Å². The lowest BCUT2D eigenvalue weighted by atomic mass is 10.0. The number of hydrogen-bond donors (Lipinski definition) is 4. The molecule has 2 aliphatic heterocycles. The predicted molar refractivity (Wildman–Crippen MR) is 252 cm³/mol. The molecule has 0 spiro atoms. The molecule has 346 valence electrons. The lowest BCUT2D eigenvalue weighted by Crippen LogP contribution is -2.55. The second-order valence-corrected chi connectivity index (χ2v) is 17.2. The summed E-state index contributed by atoms with van der Waals surface area (Å²) in [5, 5.41) is 10.7. The van der Waals surface area contributed by atoms with E-state index >= 15 is 4.39 Å². The van der Waals surface area contributed by atoms with Crippen LogP contribution in [0.15, 0.2) is 70.9 Å². The molecule has 3 atom stereocenters. The molecule has 1 fully saturated rings. The number of fused-ring (bicyclic) bond motifs is 5. The molecule has 0 radical (unpaired) electrons. The minimum atomic E-state index is -0.866. The Morgan fingerprint density at radius 3 is 2.42 bits per heavy atom. The number of aromatic nitrogens is 1. The van der Waals surface area contributed by atoms with Gasteiger partial charge in [-0.05, 0) is 87.5 Å². The molecule has 0 saturated carbocycles. The minimum Gasteiger partial charge on any atom is -0.464 e. The number of aliphatic imine (C=N–C) groups is 2. The van der Waals surface area contributed by atoms with Crippen LogP contribution >= 0.6 is 11.3 Å². The van der Waals surface area contributed by atoms with Crippen LogP contribution in [-0.4, -0.2) is 104 Å². The van der Waals surface area contributed by atoms with Gasteiger partial charge in [0.1, 0.15) is 24.2 Å². The van der Waals surface area contributed by atoms with Gasteiger partial charge in [0.05, 0.1) is 53.5 Å². The zero-order valence-corrected chi connectivity index (χ0v) is 38.6. The van der Waals surface area contributed by atoms with E-state index in [-0.39, 0.29) is 35.9 Å². The van der Waals surface area contributed by atoms with E-state index in [2.05, 4.69) is 68.6 Å². The summed E-state index contributed by atoms with van der Waals surface area (Å²) in [5.41, 5.74) is 7.04. The average Bonchev–Trinajstić information content (AvgIpc) is 4.06. The number of aryl methyl sites for hydroxylation is 1. The fourth-order valence-corrected chi connectivity index (χ4v) is 9.28. The molecule has 2 aliphatic rings. The topological polar surface area (TPSA) is 180 Å². The number of hydrazine groups is 1. The number of thiophene rings is 1. The van der Waals surface area contributed by atoms with Crippen LogP contribution in [0.25, 0.3) is 33.6 Å². The predicted octanol–water partition coefficient (Wildman–Crippen LogP) is 7.46. The van der Waals surface area contributed by atoms with Gasteiger partial charge >= 0.3 is 12.2 Å². The number of methoxy groups -OCH3 is 2. The third-order valence-electron chi connectivity index (χ3n) is 11.3. The average molecular weight is 912 g/mol. The SMILES string of the molecule is C=N/C=C(\NCC1CCCN1C(=O)CNC(=O)OC)c1cc(F)c2c(c1)OC(c1ccc(CCC)s1)n1c-2cc2cc(/C(=C/N=C)NN(CCC)C(=O)C(NC(=O)OC)C(C)C)ccc21. The van der Waals surface area contributed by atoms with E-state index < -0.39 is 30.3 Å². The Hall–Kier alpha value is -6.69. The van der Waals surface area contributed by atoms with Crippen molar-refractivity contribution in [2.24, 2.45) is 15.9 Å². The molecule has 16 nitrogen and oxygen atoms in total. The number of benzene rings is 2. The number of nitrogens with one attached hydrogen (secondary N) is 4. The molecule has 65 heavy (non-hydrogen) atoms.